The number of anilines is 1. The molecule has 3 amide bonds. The van der Waals surface area contributed by atoms with Crippen molar-refractivity contribution in [3.63, 3.8) is 0 Å². The third kappa shape index (κ3) is 4.93. The third-order valence-corrected chi connectivity index (χ3v) is 8.04. The van der Waals surface area contributed by atoms with Gasteiger partial charge in [0.1, 0.15) is 6.04 Å². The second-order valence-electron chi connectivity index (χ2n) is 10.3. The topological polar surface area (TPSA) is 90.5 Å². The van der Waals surface area contributed by atoms with E-state index in [9.17, 15) is 14.4 Å². The highest BCUT2D eigenvalue weighted by Crippen LogP contribution is 2.31. The van der Waals surface area contributed by atoms with Gasteiger partial charge in [0.15, 0.2) is 0 Å². The van der Waals surface area contributed by atoms with Crippen molar-refractivity contribution in [2.45, 2.75) is 95.3 Å². The van der Waals surface area contributed by atoms with Crippen LogP contribution in [0.25, 0.3) is 0 Å². The van der Waals surface area contributed by atoms with Gasteiger partial charge in [-0.2, -0.15) is 0 Å². The maximum Gasteiger partial charge on any atom is 0.255 e. The lowest BCUT2D eigenvalue weighted by atomic mass is 9.87. The van der Waals surface area contributed by atoms with E-state index in [4.69, 9.17) is 0 Å². The predicted octanol–water partition coefficient (Wildman–Crippen LogP) is 3.34. The number of hydrogen-bond acceptors (Lipinski definition) is 5. The van der Waals surface area contributed by atoms with Gasteiger partial charge in [-0.25, -0.2) is 0 Å². The molecule has 0 aromatic heterocycles. The molecule has 3 fully saturated rings. The Hall–Kier alpha value is -2.41. The van der Waals surface area contributed by atoms with Gasteiger partial charge in [0.2, 0.25) is 11.8 Å². The minimum absolute atomic E-state index is 0.115. The van der Waals surface area contributed by atoms with Crippen molar-refractivity contribution < 1.29 is 14.4 Å². The Morgan fingerprint density at radius 3 is 2.45 bits per heavy atom. The molecule has 2 aliphatic heterocycles. The number of piperidine rings is 1. The summed E-state index contributed by atoms with van der Waals surface area (Å²) in [6, 6.07) is 6.27. The smallest absolute Gasteiger partial charge is 0.255 e. The van der Waals surface area contributed by atoms with Crippen LogP contribution < -0.4 is 16.0 Å². The number of nitrogens with one attached hydrogen (secondary N) is 3. The van der Waals surface area contributed by atoms with E-state index >= 15 is 0 Å². The van der Waals surface area contributed by atoms with Crippen molar-refractivity contribution in [2.24, 2.45) is 5.92 Å². The van der Waals surface area contributed by atoms with Crippen LogP contribution >= 0.6 is 0 Å². The van der Waals surface area contributed by atoms with Crippen LogP contribution in [0.15, 0.2) is 18.2 Å². The van der Waals surface area contributed by atoms with Gasteiger partial charge in [-0.15, -0.1) is 0 Å². The molecule has 178 valence electrons. The second-order valence-corrected chi connectivity index (χ2v) is 10.3. The molecular weight excluding hydrogens is 416 g/mol. The predicted molar refractivity (Wildman–Crippen MR) is 127 cm³/mol. The highest BCUT2D eigenvalue weighted by atomic mass is 16.2. The van der Waals surface area contributed by atoms with Crippen LogP contribution in [0.2, 0.25) is 0 Å². The number of hydrogen-bond donors (Lipinski definition) is 3. The Balaban J connectivity index is 1.22. The van der Waals surface area contributed by atoms with Crippen LogP contribution in [0.5, 0.6) is 0 Å². The van der Waals surface area contributed by atoms with Crippen molar-refractivity contribution in [1.82, 2.24) is 15.5 Å². The molecule has 1 aromatic rings. The fraction of sp³-hybridized carbons (Fsp3) is 0.654. The van der Waals surface area contributed by atoms with Gasteiger partial charge >= 0.3 is 0 Å². The van der Waals surface area contributed by atoms with E-state index in [1.54, 1.807) is 4.90 Å². The Morgan fingerprint density at radius 2 is 1.67 bits per heavy atom. The maximum atomic E-state index is 12.9. The van der Waals surface area contributed by atoms with E-state index in [1.807, 2.05) is 12.1 Å². The lowest BCUT2D eigenvalue weighted by Crippen LogP contribution is -2.52. The van der Waals surface area contributed by atoms with Gasteiger partial charge in [-0.05, 0) is 68.3 Å². The van der Waals surface area contributed by atoms with Gasteiger partial charge < -0.3 is 15.5 Å². The number of nitrogens with zero attached hydrogens (tertiary/aromatic N) is 1. The summed E-state index contributed by atoms with van der Waals surface area (Å²) in [6.07, 6.45) is 12.4. The monoisotopic (exact) mass is 452 g/mol. The van der Waals surface area contributed by atoms with Gasteiger partial charge in [-0.1, -0.05) is 32.1 Å². The minimum Gasteiger partial charge on any atom is -0.381 e. The molecule has 0 spiro atoms. The molecule has 5 rings (SSSR count). The molecule has 0 bridgehead atoms. The van der Waals surface area contributed by atoms with Crippen LogP contribution in [0.4, 0.5) is 5.69 Å². The molecule has 1 saturated heterocycles. The van der Waals surface area contributed by atoms with Crippen LogP contribution in [-0.4, -0.2) is 47.3 Å². The van der Waals surface area contributed by atoms with E-state index in [0.29, 0.717) is 30.6 Å². The van der Waals surface area contributed by atoms with E-state index < -0.39 is 6.04 Å². The Bertz CT molecular complexity index is 911. The quantitative estimate of drug-likeness (QED) is 0.576. The van der Waals surface area contributed by atoms with Crippen molar-refractivity contribution in [1.29, 1.82) is 0 Å². The number of amides is 3. The average molecular weight is 453 g/mol. The molecule has 3 N–H and O–H groups in total. The first kappa shape index (κ1) is 22.4. The molecule has 3 atom stereocenters. The summed E-state index contributed by atoms with van der Waals surface area (Å²) in [7, 11) is 0. The van der Waals surface area contributed by atoms with E-state index in [0.717, 1.165) is 30.1 Å². The maximum absolute atomic E-state index is 12.9. The third-order valence-electron chi connectivity index (χ3n) is 8.04. The summed E-state index contributed by atoms with van der Waals surface area (Å²) in [5.74, 6) is 0.0900. The van der Waals surface area contributed by atoms with Crippen LogP contribution in [0, 0.1) is 5.92 Å². The van der Waals surface area contributed by atoms with Crippen LogP contribution in [0.3, 0.4) is 0 Å². The summed E-state index contributed by atoms with van der Waals surface area (Å²) in [6.45, 7) is 1.55. The first-order valence-corrected chi connectivity index (χ1v) is 12.9. The standard InChI is InChI=1S/C26H36N4O3/c31-24-13-12-23(25(32)29-24)30-16-18-14-19(10-11-20(18)26(30)33)28-22-9-5-4-8-21(22)27-15-17-6-2-1-3-7-17/h10-11,14,17,21-23,27-28H,1-9,12-13,15-16H2,(H,29,31,32)/t21-,22-,23?/m0/s1. The molecule has 1 unspecified atom stereocenters. The largest absolute Gasteiger partial charge is 0.381 e. The summed E-state index contributed by atoms with van der Waals surface area (Å²) in [5, 5.41) is 10.0. The van der Waals surface area contributed by atoms with E-state index in [1.165, 1.54) is 51.4 Å². The lowest BCUT2D eigenvalue weighted by Gasteiger charge is -2.35. The molecule has 2 saturated carbocycles. The molecule has 7 heteroatoms. The minimum atomic E-state index is -0.564. The fourth-order valence-corrected chi connectivity index (χ4v) is 6.14. The summed E-state index contributed by atoms with van der Waals surface area (Å²) in [5.41, 5.74) is 2.67. The van der Waals surface area contributed by atoms with Gasteiger partial charge in [0.05, 0.1) is 0 Å². The molecule has 33 heavy (non-hydrogen) atoms. The molecular formula is C26H36N4O3. The highest BCUT2D eigenvalue weighted by molar-refractivity contribution is 6.05. The lowest BCUT2D eigenvalue weighted by molar-refractivity contribution is -0.136. The van der Waals surface area contributed by atoms with Gasteiger partial charge in [0, 0.05) is 36.3 Å². The first-order chi connectivity index (χ1) is 16.1. The van der Waals surface area contributed by atoms with E-state index in [-0.39, 0.29) is 24.1 Å². The Labute approximate surface area is 196 Å². The number of carbonyl (C=O) groups excluding carboxylic acids is 3. The van der Waals surface area contributed by atoms with Crippen molar-refractivity contribution >= 4 is 23.4 Å². The fourth-order valence-electron chi connectivity index (χ4n) is 6.14. The number of carbonyl (C=O) groups is 3. The number of rotatable bonds is 6. The molecule has 2 aliphatic carbocycles. The SMILES string of the molecule is O=C1CCC(N2Cc3cc(N[C@H]4CCCC[C@@H]4NCC4CCCCC4)ccc3C2=O)C(=O)N1. The number of imide groups is 1. The molecule has 4 aliphatic rings. The first-order valence-electron chi connectivity index (χ1n) is 12.9. The molecule has 7 nitrogen and oxygen atoms in total. The van der Waals surface area contributed by atoms with Gasteiger partial charge in [-0.3, -0.25) is 19.7 Å². The summed E-state index contributed by atoms with van der Waals surface area (Å²) < 4.78 is 0. The van der Waals surface area contributed by atoms with Crippen LogP contribution in [0.1, 0.15) is 86.6 Å². The van der Waals surface area contributed by atoms with Crippen molar-refractivity contribution in [3.05, 3.63) is 29.3 Å². The highest BCUT2D eigenvalue weighted by Gasteiger charge is 2.39. The normalized spacial score (nSPS) is 28.5. The zero-order valence-corrected chi connectivity index (χ0v) is 19.4. The Morgan fingerprint density at radius 1 is 0.909 bits per heavy atom. The zero-order chi connectivity index (χ0) is 22.8. The zero-order valence-electron chi connectivity index (χ0n) is 19.4. The summed E-state index contributed by atoms with van der Waals surface area (Å²) in [4.78, 5) is 38.3. The molecule has 0 radical (unpaired) electrons. The molecule has 1 aromatic carbocycles. The van der Waals surface area contributed by atoms with Gasteiger partial charge in [0.25, 0.3) is 5.91 Å². The van der Waals surface area contributed by atoms with E-state index in [2.05, 4.69) is 22.0 Å². The van der Waals surface area contributed by atoms with Crippen LogP contribution in [-0.2, 0) is 16.1 Å². The second kappa shape index (κ2) is 9.84. The van der Waals surface area contributed by atoms with Crippen molar-refractivity contribution in [2.75, 3.05) is 11.9 Å². The number of fused-ring (bicyclic) bond motifs is 1. The average Bonchev–Trinajstić information content (AvgIpc) is 3.14. The Kier molecular flexibility index (Phi) is 6.67. The number of benzene rings is 1. The summed E-state index contributed by atoms with van der Waals surface area (Å²) >= 11 is 0. The van der Waals surface area contributed by atoms with Crippen molar-refractivity contribution in [3.8, 4) is 0 Å². The molecule has 2 heterocycles.